The Labute approximate surface area is 168 Å². The van der Waals surface area contributed by atoms with Crippen LogP contribution >= 0.6 is 11.3 Å². The summed E-state index contributed by atoms with van der Waals surface area (Å²) < 4.78 is 1.29. The molecule has 29 heavy (non-hydrogen) atoms. The second-order valence-corrected chi connectivity index (χ2v) is 6.89. The van der Waals surface area contributed by atoms with Crippen molar-refractivity contribution in [1.29, 1.82) is 0 Å². The summed E-state index contributed by atoms with van der Waals surface area (Å²) in [4.78, 5) is 27.9. The van der Waals surface area contributed by atoms with Crippen LogP contribution in [0, 0.1) is 17.0 Å². The molecule has 0 unspecified atom stereocenters. The monoisotopic (exact) mass is 406 g/mol. The van der Waals surface area contributed by atoms with E-state index in [4.69, 9.17) is 0 Å². The third-order valence-corrected chi connectivity index (χ3v) is 4.96. The number of H-pyrrole nitrogens is 1. The smallest absolute Gasteiger partial charge is 0.291 e. The van der Waals surface area contributed by atoms with Gasteiger partial charge in [0, 0.05) is 17.0 Å². The summed E-state index contributed by atoms with van der Waals surface area (Å²) in [5.74, 6) is 0. The van der Waals surface area contributed by atoms with Gasteiger partial charge in [0.05, 0.1) is 16.3 Å². The van der Waals surface area contributed by atoms with E-state index in [2.05, 4.69) is 20.3 Å². The highest BCUT2D eigenvalue weighted by molar-refractivity contribution is 7.12. The second kappa shape index (κ2) is 7.60. The number of azo groups is 1. The van der Waals surface area contributed by atoms with Crippen molar-refractivity contribution in [2.75, 3.05) is 0 Å². The first-order chi connectivity index (χ1) is 14.0. The molecule has 0 atom stereocenters. The zero-order valence-corrected chi connectivity index (χ0v) is 16.0. The number of hydrogen-bond donors (Lipinski definition) is 1. The van der Waals surface area contributed by atoms with Crippen molar-refractivity contribution in [1.82, 2.24) is 14.8 Å². The first-order valence-electron chi connectivity index (χ1n) is 8.52. The Morgan fingerprint density at radius 2 is 1.83 bits per heavy atom. The van der Waals surface area contributed by atoms with Gasteiger partial charge in [-0.25, -0.2) is 4.98 Å². The lowest BCUT2D eigenvalue weighted by Gasteiger charge is -1.95. The largest absolute Gasteiger partial charge is 0.301 e. The fourth-order valence-corrected chi connectivity index (χ4v) is 3.50. The Balaban J connectivity index is 1.69. The second-order valence-electron chi connectivity index (χ2n) is 6.05. The van der Waals surface area contributed by atoms with E-state index in [9.17, 15) is 14.9 Å². The van der Waals surface area contributed by atoms with Crippen LogP contribution in [0.2, 0.25) is 0 Å². The van der Waals surface area contributed by atoms with E-state index in [0.29, 0.717) is 10.8 Å². The molecule has 0 fully saturated rings. The number of rotatable bonds is 5. The zero-order valence-electron chi connectivity index (χ0n) is 15.1. The van der Waals surface area contributed by atoms with E-state index in [1.165, 1.54) is 28.2 Å². The Bertz CT molecular complexity index is 1270. The maximum atomic E-state index is 12.8. The minimum atomic E-state index is -0.544. The summed E-state index contributed by atoms with van der Waals surface area (Å²) in [7, 11) is 0. The van der Waals surface area contributed by atoms with Crippen molar-refractivity contribution in [2.24, 2.45) is 10.2 Å². The lowest BCUT2D eigenvalue weighted by molar-refractivity contribution is -0.384. The van der Waals surface area contributed by atoms with E-state index in [-0.39, 0.29) is 17.1 Å². The molecule has 2 heterocycles. The Kier molecular flexibility index (Phi) is 4.83. The van der Waals surface area contributed by atoms with Crippen molar-refractivity contribution >= 4 is 28.4 Å². The molecule has 9 nitrogen and oxygen atoms in total. The van der Waals surface area contributed by atoms with Crippen molar-refractivity contribution in [2.45, 2.75) is 6.92 Å². The summed E-state index contributed by atoms with van der Waals surface area (Å²) in [5.41, 5.74) is 1.71. The molecular weight excluding hydrogens is 392 g/mol. The zero-order chi connectivity index (χ0) is 20.4. The van der Waals surface area contributed by atoms with Crippen molar-refractivity contribution in [3.05, 3.63) is 86.1 Å². The fourth-order valence-electron chi connectivity index (χ4n) is 2.71. The molecule has 4 aromatic rings. The standard InChI is InChI=1S/C19H14N6O3S/c1-12-17(22-21-14-9-5-6-10-16(14)25(27)28)18(26)24(23-12)19-20-15(11-29-19)13-7-3-2-4-8-13/h2-11,23H,1H3. The Hall–Kier alpha value is -3.92. The van der Waals surface area contributed by atoms with Gasteiger partial charge < -0.3 is 0 Å². The lowest BCUT2D eigenvalue weighted by atomic mass is 10.2. The number of aryl methyl sites for hydroxylation is 1. The van der Waals surface area contributed by atoms with Crippen LogP contribution in [-0.2, 0) is 0 Å². The molecule has 0 radical (unpaired) electrons. The van der Waals surface area contributed by atoms with Crippen LogP contribution in [0.25, 0.3) is 16.4 Å². The highest BCUT2D eigenvalue weighted by atomic mass is 32.1. The number of thiazole rings is 1. The molecule has 0 spiro atoms. The summed E-state index contributed by atoms with van der Waals surface area (Å²) in [5, 5.41) is 24.2. The number of nitro benzene ring substituents is 1. The third kappa shape index (κ3) is 3.60. The van der Waals surface area contributed by atoms with Crippen LogP contribution in [-0.4, -0.2) is 19.7 Å². The van der Waals surface area contributed by atoms with Gasteiger partial charge in [0.15, 0.2) is 11.4 Å². The van der Waals surface area contributed by atoms with Gasteiger partial charge in [0.1, 0.15) is 0 Å². The quantitative estimate of drug-likeness (QED) is 0.287. The van der Waals surface area contributed by atoms with Crippen LogP contribution in [0.1, 0.15) is 5.69 Å². The molecule has 1 N–H and O–H groups in total. The summed E-state index contributed by atoms with van der Waals surface area (Å²) in [6.45, 7) is 1.68. The minimum Gasteiger partial charge on any atom is -0.291 e. The molecule has 0 aliphatic rings. The fraction of sp³-hybridized carbons (Fsp3) is 0.0526. The van der Waals surface area contributed by atoms with Crippen molar-refractivity contribution < 1.29 is 4.92 Å². The topological polar surface area (TPSA) is 119 Å². The summed E-state index contributed by atoms with van der Waals surface area (Å²) in [6, 6.07) is 15.6. The molecule has 144 valence electrons. The predicted octanol–water partition coefficient (Wildman–Crippen LogP) is 4.92. The average Bonchev–Trinajstić information content (AvgIpc) is 3.32. The lowest BCUT2D eigenvalue weighted by Crippen LogP contribution is -2.13. The molecule has 4 rings (SSSR count). The number of nitro groups is 1. The van der Waals surface area contributed by atoms with Gasteiger partial charge in [-0.2, -0.15) is 4.68 Å². The van der Waals surface area contributed by atoms with Crippen LogP contribution in [0.5, 0.6) is 0 Å². The van der Waals surface area contributed by atoms with Gasteiger partial charge >= 0.3 is 5.56 Å². The molecule has 2 aromatic heterocycles. The SMILES string of the molecule is Cc1[nH]n(-c2nc(-c3ccccc3)cs2)c(=O)c1N=Nc1ccccc1[N+](=O)[O-]. The minimum absolute atomic E-state index is 0.0691. The molecule has 0 aliphatic heterocycles. The van der Waals surface area contributed by atoms with Crippen molar-refractivity contribution in [3.63, 3.8) is 0 Å². The molecular formula is C19H14N6O3S. The molecule has 2 aromatic carbocycles. The molecule has 0 saturated carbocycles. The number of para-hydroxylation sites is 1. The molecule has 0 saturated heterocycles. The number of benzene rings is 2. The molecule has 0 bridgehead atoms. The highest BCUT2D eigenvalue weighted by Gasteiger charge is 2.16. The van der Waals surface area contributed by atoms with Gasteiger partial charge in [0.2, 0.25) is 5.13 Å². The van der Waals surface area contributed by atoms with Crippen LogP contribution in [0.3, 0.4) is 0 Å². The summed E-state index contributed by atoms with van der Waals surface area (Å²) >= 11 is 1.31. The normalized spacial score (nSPS) is 11.2. The van der Waals surface area contributed by atoms with E-state index in [1.54, 1.807) is 19.1 Å². The predicted molar refractivity (Wildman–Crippen MR) is 110 cm³/mol. The van der Waals surface area contributed by atoms with Gasteiger partial charge in [0.25, 0.3) is 5.69 Å². The van der Waals surface area contributed by atoms with Crippen molar-refractivity contribution in [3.8, 4) is 16.4 Å². The van der Waals surface area contributed by atoms with E-state index < -0.39 is 10.5 Å². The van der Waals surface area contributed by atoms with Gasteiger partial charge in [-0.15, -0.1) is 21.6 Å². The van der Waals surface area contributed by atoms with Crippen LogP contribution < -0.4 is 5.56 Å². The van der Waals surface area contributed by atoms with E-state index in [1.807, 2.05) is 35.7 Å². The first kappa shape index (κ1) is 18.4. The maximum absolute atomic E-state index is 12.8. The number of hydrogen-bond acceptors (Lipinski definition) is 7. The number of aromatic nitrogens is 3. The Morgan fingerprint density at radius 1 is 1.10 bits per heavy atom. The first-order valence-corrected chi connectivity index (χ1v) is 9.40. The average molecular weight is 406 g/mol. The van der Waals surface area contributed by atoms with Gasteiger partial charge in [-0.1, -0.05) is 42.5 Å². The number of nitrogens with one attached hydrogen (secondary N) is 1. The van der Waals surface area contributed by atoms with E-state index >= 15 is 0 Å². The number of aromatic amines is 1. The molecule has 0 aliphatic carbocycles. The molecule has 0 amide bonds. The third-order valence-electron chi connectivity index (χ3n) is 4.13. The summed E-state index contributed by atoms with van der Waals surface area (Å²) in [6.07, 6.45) is 0. The highest BCUT2D eigenvalue weighted by Crippen LogP contribution is 2.29. The van der Waals surface area contributed by atoms with Crippen LogP contribution in [0.4, 0.5) is 17.1 Å². The molecule has 10 heteroatoms. The number of nitrogens with zero attached hydrogens (tertiary/aromatic N) is 5. The van der Waals surface area contributed by atoms with Gasteiger partial charge in [-0.05, 0) is 13.0 Å². The van der Waals surface area contributed by atoms with Crippen LogP contribution in [0.15, 0.2) is 75.0 Å². The van der Waals surface area contributed by atoms with Gasteiger partial charge in [-0.3, -0.25) is 20.0 Å². The maximum Gasteiger partial charge on any atom is 0.301 e. The van der Waals surface area contributed by atoms with E-state index in [0.717, 1.165) is 11.3 Å². The Morgan fingerprint density at radius 3 is 2.59 bits per heavy atom.